The van der Waals surface area contributed by atoms with Crippen LogP contribution < -0.4 is 14.4 Å². The van der Waals surface area contributed by atoms with E-state index in [1.807, 2.05) is 32.9 Å². The number of morpholine rings is 1. The molecule has 2 aromatic carbocycles. The van der Waals surface area contributed by atoms with Crippen molar-refractivity contribution in [3.05, 3.63) is 46.5 Å². The predicted octanol–water partition coefficient (Wildman–Crippen LogP) is 5.85. The molecule has 4 rings (SSSR count). The first-order chi connectivity index (χ1) is 17.0. The van der Waals surface area contributed by atoms with Crippen LogP contribution in [0.1, 0.15) is 36.2 Å². The number of halogens is 2. The highest BCUT2D eigenvalue weighted by Crippen LogP contribution is 2.35. The second-order valence-electron chi connectivity index (χ2n) is 8.31. The number of amides is 1. The van der Waals surface area contributed by atoms with Gasteiger partial charge in [0, 0.05) is 36.8 Å². The standard InChI is InChI=1S/C26H32ClN3O4S.ClH/c1-4-33-21-9-7-19(17-22(21)34-5-2)25(31)30(12-6-11-29-13-15-32-16-14-29)26-28-24-18(3)20(27)8-10-23(24)35-26;/h7-10,17H,4-6,11-16H2,1-3H3;1H. The van der Waals surface area contributed by atoms with Crippen LogP contribution in [0.2, 0.25) is 5.02 Å². The summed E-state index contributed by atoms with van der Waals surface area (Å²) in [4.78, 5) is 22.8. The summed E-state index contributed by atoms with van der Waals surface area (Å²) in [7, 11) is 0. The molecule has 1 aliphatic rings. The molecule has 3 aromatic rings. The van der Waals surface area contributed by atoms with Crippen molar-refractivity contribution in [2.45, 2.75) is 27.2 Å². The van der Waals surface area contributed by atoms with Crippen molar-refractivity contribution in [3.63, 3.8) is 0 Å². The first kappa shape index (κ1) is 28.5. The normalized spacial score (nSPS) is 13.9. The molecule has 0 bridgehead atoms. The predicted molar refractivity (Wildman–Crippen MR) is 149 cm³/mol. The molecule has 1 fully saturated rings. The van der Waals surface area contributed by atoms with Gasteiger partial charge >= 0.3 is 0 Å². The molecule has 1 aromatic heterocycles. The number of hydrogen-bond donors (Lipinski definition) is 0. The Balaban J connectivity index is 0.00000361. The summed E-state index contributed by atoms with van der Waals surface area (Å²) >= 11 is 7.84. The van der Waals surface area contributed by atoms with Gasteiger partial charge in [-0.15, -0.1) is 12.4 Å². The zero-order valence-electron chi connectivity index (χ0n) is 20.9. The number of aromatic nitrogens is 1. The van der Waals surface area contributed by atoms with E-state index < -0.39 is 0 Å². The van der Waals surface area contributed by atoms with Gasteiger partial charge in [0.2, 0.25) is 0 Å². The van der Waals surface area contributed by atoms with Gasteiger partial charge in [0.15, 0.2) is 16.6 Å². The zero-order valence-corrected chi connectivity index (χ0v) is 23.3. The maximum atomic E-state index is 13.8. The largest absolute Gasteiger partial charge is 0.490 e. The Kier molecular flexibility index (Phi) is 10.6. The van der Waals surface area contributed by atoms with Crippen molar-refractivity contribution in [2.75, 3.05) is 57.5 Å². The first-order valence-electron chi connectivity index (χ1n) is 12.1. The van der Waals surface area contributed by atoms with Crippen LogP contribution in [0, 0.1) is 6.92 Å². The van der Waals surface area contributed by atoms with Gasteiger partial charge in [-0.25, -0.2) is 4.98 Å². The second kappa shape index (κ2) is 13.4. The summed E-state index contributed by atoms with van der Waals surface area (Å²) in [6, 6.07) is 9.20. The van der Waals surface area contributed by atoms with Gasteiger partial charge in [-0.05, 0) is 63.1 Å². The molecular weight excluding hydrogens is 521 g/mol. The average molecular weight is 555 g/mol. The van der Waals surface area contributed by atoms with Crippen molar-refractivity contribution in [1.29, 1.82) is 0 Å². The van der Waals surface area contributed by atoms with Gasteiger partial charge in [-0.2, -0.15) is 0 Å². The minimum Gasteiger partial charge on any atom is -0.490 e. The fourth-order valence-electron chi connectivity index (χ4n) is 4.11. The number of aryl methyl sites for hydroxylation is 1. The first-order valence-corrected chi connectivity index (χ1v) is 13.3. The minimum atomic E-state index is -0.112. The van der Waals surface area contributed by atoms with E-state index in [1.54, 1.807) is 23.1 Å². The Bertz CT molecular complexity index is 1170. The van der Waals surface area contributed by atoms with Crippen LogP contribution in [0.25, 0.3) is 10.2 Å². The molecule has 1 amide bonds. The van der Waals surface area contributed by atoms with Crippen LogP contribution in [0.5, 0.6) is 11.5 Å². The van der Waals surface area contributed by atoms with E-state index >= 15 is 0 Å². The number of rotatable bonds is 10. The number of carbonyl (C=O) groups excluding carboxylic acids is 1. The van der Waals surface area contributed by atoms with Crippen LogP contribution in [0.15, 0.2) is 30.3 Å². The van der Waals surface area contributed by atoms with Gasteiger partial charge < -0.3 is 14.2 Å². The Morgan fingerprint density at radius 3 is 2.58 bits per heavy atom. The number of thiazole rings is 1. The highest BCUT2D eigenvalue weighted by atomic mass is 35.5. The number of hydrogen-bond acceptors (Lipinski definition) is 7. The third-order valence-corrected chi connectivity index (χ3v) is 7.42. The summed E-state index contributed by atoms with van der Waals surface area (Å²) in [5.74, 6) is 1.09. The zero-order chi connectivity index (χ0) is 24.8. The fraction of sp³-hybridized carbons (Fsp3) is 0.462. The number of ether oxygens (including phenoxy) is 3. The lowest BCUT2D eigenvalue weighted by atomic mass is 10.1. The number of anilines is 1. The highest BCUT2D eigenvalue weighted by Gasteiger charge is 2.24. The molecule has 1 aliphatic heterocycles. The van der Waals surface area contributed by atoms with E-state index in [0.29, 0.717) is 47.0 Å². The van der Waals surface area contributed by atoms with Crippen molar-refractivity contribution in [3.8, 4) is 11.5 Å². The number of carbonyl (C=O) groups is 1. The Morgan fingerprint density at radius 2 is 1.86 bits per heavy atom. The van der Waals surface area contributed by atoms with Gasteiger partial charge in [0.1, 0.15) is 0 Å². The SMILES string of the molecule is CCOc1ccc(C(=O)N(CCCN2CCOCC2)c2nc3c(C)c(Cl)ccc3s2)cc1OCC.Cl. The smallest absolute Gasteiger partial charge is 0.260 e. The van der Waals surface area contributed by atoms with Crippen LogP contribution in [0.3, 0.4) is 0 Å². The fourth-order valence-corrected chi connectivity index (χ4v) is 5.31. The molecule has 7 nitrogen and oxygen atoms in total. The van der Waals surface area contributed by atoms with E-state index in [4.69, 9.17) is 30.8 Å². The maximum absolute atomic E-state index is 13.8. The Hall–Kier alpha value is -2.10. The lowest BCUT2D eigenvalue weighted by Crippen LogP contribution is -2.39. The van der Waals surface area contributed by atoms with Crippen molar-refractivity contribution in [2.24, 2.45) is 0 Å². The molecule has 36 heavy (non-hydrogen) atoms. The van der Waals surface area contributed by atoms with Crippen molar-refractivity contribution in [1.82, 2.24) is 9.88 Å². The third kappa shape index (κ3) is 6.61. The minimum absolute atomic E-state index is 0. The van der Waals surface area contributed by atoms with E-state index in [0.717, 1.165) is 55.0 Å². The summed E-state index contributed by atoms with van der Waals surface area (Å²) in [5.41, 5.74) is 2.30. The van der Waals surface area contributed by atoms with Gasteiger partial charge in [-0.3, -0.25) is 14.6 Å². The highest BCUT2D eigenvalue weighted by molar-refractivity contribution is 7.22. The van der Waals surface area contributed by atoms with E-state index in [2.05, 4.69) is 4.90 Å². The molecule has 2 heterocycles. The molecule has 0 spiro atoms. The monoisotopic (exact) mass is 553 g/mol. The molecule has 0 saturated carbocycles. The molecule has 10 heteroatoms. The summed E-state index contributed by atoms with van der Waals surface area (Å²) in [5, 5.41) is 1.34. The third-order valence-electron chi connectivity index (χ3n) is 5.96. The molecule has 0 unspecified atom stereocenters. The average Bonchev–Trinajstić information content (AvgIpc) is 3.30. The van der Waals surface area contributed by atoms with Gasteiger partial charge in [0.25, 0.3) is 5.91 Å². The summed E-state index contributed by atoms with van der Waals surface area (Å²) in [6.07, 6.45) is 0.830. The number of fused-ring (bicyclic) bond motifs is 1. The molecule has 0 radical (unpaired) electrons. The molecule has 1 saturated heterocycles. The molecular formula is C26H33Cl2N3O4S. The quantitative estimate of drug-likeness (QED) is 0.314. The molecule has 0 N–H and O–H groups in total. The lowest BCUT2D eigenvalue weighted by Gasteiger charge is -2.27. The molecule has 196 valence electrons. The van der Waals surface area contributed by atoms with Crippen LogP contribution in [-0.4, -0.2) is 68.4 Å². The van der Waals surface area contributed by atoms with Gasteiger partial charge in [0.05, 0.1) is 36.6 Å². The maximum Gasteiger partial charge on any atom is 0.260 e. The lowest BCUT2D eigenvalue weighted by molar-refractivity contribution is 0.0376. The van der Waals surface area contributed by atoms with E-state index in [-0.39, 0.29) is 18.3 Å². The van der Waals surface area contributed by atoms with Crippen LogP contribution in [0.4, 0.5) is 5.13 Å². The second-order valence-corrected chi connectivity index (χ2v) is 9.72. The topological polar surface area (TPSA) is 64.1 Å². The Morgan fingerprint density at radius 1 is 1.14 bits per heavy atom. The van der Waals surface area contributed by atoms with E-state index in [1.165, 1.54) is 11.3 Å². The summed E-state index contributed by atoms with van der Waals surface area (Å²) < 4.78 is 17.9. The number of benzene rings is 2. The van der Waals surface area contributed by atoms with Crippen LogP contribution >= 0.6 is 35.3 Å². The van der Waals surface area contributed by atoms with Crippen molar-refractivity contribution < 1.29 is 19.0 Å². The molecule has 0 aliphatic carbocycles. The van der Waals surface area contributed by atoms with Crippen molar-refractivity contribution >= 4 is 56.6 Å². The Labute approximate surface area is 227 Å². The number of nitrogens with zero attached hydrogens (tertiary/aromatic N) is 3. The van der Waals surface area contributed by atoms with E-state index in [9.17, 15) is 4.79 Å². The van der Waals surface area contributed by atoms with Crippen LogP contribution in [-0.2, 0) is 4.74 Å². The summed E-state index contributed by atoms with van der Waals surface area (Å²) in [6.45, 7) is 11.6. The molecule has 0 atom stereocenters. The van der Waals surface area contributed by atoms with Gasteiger partial charge in [-0.1, -0.05) is 22.9 Å².